The molecule has 0 bridgehead atoms. The maximum Gasteiger partial charge on any atom is 0.249 e. The Hall–Kier alpha value is -2.86. The molecule has 2 aromatic carbocycles. The van der Waals surface area contributed by atoms with E-state index in [-0.39, 0.29) is 0 Å². The monoisotopic (exact) mass is 341 g/mol. The first-order valence-corrected chi connectivity index (χ1v) is 7.70. The molecule has 3 aromatic rings. The van der Waals surface area contributed by atoms with Gasteiger partial charge < -0.3 is 15.4 Å². The van der Waals surface area contributed by atoms with Crippen molar-refractivity contribution in [3.63, 3.8) is 0 Å². The summed E-state index contributed by atoms with van der Waals surface area (Å²) in [5, 5.41) is 14.9. The molecular weight excluding hydrogens is 326 g/mol. The highest BCUT2D eigenvalue weighted by Gasteiger charge is 2.02. The highest BCUT2D eigenvalue weighted by Crippen LogP contribution is 2.18. The maximum absolute atomic E-state index is 5.96. The molecule has 122 valence electrons. The van der Waals surface area contributed by atoms with Gasteiger partial charge in [-0.25, -0.2) is 0 Å². The fourth-order valence-corrected chi connectivity index (χ4v) is 2.26. The number of halogens is 1. The van der Waals surface area contributed by atoms with E-state index in [9.17, 15) is 0 Å². The molecule has 0 aliphatic carbocycles. The van der Waals surface area contributed by atoms with Gasteiger partial charge in [-0.15, -0.1) is 5.10 Å². The molecule has 0 aliphatic heterocycles. The largest absolute Gasteiger partial charge is 0.497 e. The molecule has 2 N–H and O–H groups in total. The van der Waals surface area contributed by atoms with Crippen LogP contribution in [0.1, 0.15) is 5.56 Å². The van der Waals surface area contributed by atoms with Crippen molar-refractivity contribution in [3.05, 3.63) is 65.3 Å². The van der Waals surface area contributed by atoms with E-state index < -0.39 is 0 Å². The van der Waals surface area contributed by atoms with Gasteiger partial charge in [0.2, 0.25) is 5.95 Å². The highest BCUT2D eigenvalue weighted by atomic mass is 35.5. The van der Waals surface area contributed by atoms with Crippen LogP contribution in [0.25, 0.3) is 0 Å². The van der Waals surface area contributed by atoms with Crippen molar-refractivity contribution in [2.45, 2.75) is 6.54 Å². The molecule has 0 spiro atoms. The lowest BCUT2D eigenvalue weighted by Gasteiger charge is -2.08. The number of methoxy groups -OCH3 is 1. The molecule has 0 radical (unpaired) electrons. The number of rotatable bonds is 6. The Balaban J connectivity index is 1.64. The Kier molecular flexibility index (Phi) is 5.08. The third-order valence-electron chi connectivity index (χ3n) is 3.27. The van der Waals surface area contributed by atoms with Crippen LogP contribution in [0.2, 0.25) is 5.02 Å². The van der Waals surface area contributed by atoms with E-state index in [0.29, 0.717) is 23.3 Å². The number of nitrogens with one attached hydrogen (secondary N) is 2. The second-order valence-corrected chi connectivity index (χ2v) is 5.44. The average Bonchev–Trinajstić information content (AvgIpc) is 2.61. The van der Waals surface area contributed by atoms with Gasteiger partial charge in [0.15, 0.2) is 5.82 Å². The van der Waals surface area contributed by atoms with Crippen LogP contribution in [0.3, 0.4) is 0 Å². The summed E-state index contributed by atoms with van der Waals surface area (Å²) in [5.41, 5.74) is 1.91. The van der Waals surface area contributed by atoms with E-state index >= 15 is 0 Å². The third-order valence-corrected chi connectivity index (χ3v) is 3.51. The van der Waals surface area contributed by atoms with Crippen LogP contribution < -0.4 is 15.4 Å². The van der Waals surface area contributed by atoms with Gasteiger partial charge in [-0.05, 0) is 35.9 Å². The minimum atomic E-state index is 0.400. The second kappa shape index (κ2) is 7.61. The minimum Gasteiger partial charge on any atom is -0.497 e. The normalized spacial score (nSPS) is 10.2. The number of nitrogens with zero attached hydrogens (tertiary/aromatic N) is 3. The van der Waals surface area contributed by atoms with Crippen LogP contribution >= 0.6 is 11.6 Å². The van der Waals surface area contributed by atoms with Gasteiger partial charge in [-0.1, -0.05) is 29.8 Å². The first kappa shape index (κ1) is 16.0. The molecule has 1 aromatic heterocycles. The first-order valence-electron chi connectivity index (χ1n) is 7.32. The first-order chi connectivity index (χ1) is 11.7. The molecule has 24 heavy (non-hydrogen) atoms. The van der Waals surface area contributed by atoms with E-state index in [0.717, 1.165) is 17.0 Å². The zero-order valence-electron chi connectivity index (χ0n) is 13.0. The molecule has 0 saturated carbocycles. The second-order valence-electron chi connectivity index (χ2n) is 5.00. The van der Waals surface area contributed by atoms with Gasteiger partial charge in [-0.3, -0.25) is 0 Å². The molecule has 0 aliphatic rings. The number of ether oxygens (including phenoxy) is 1. The molecule has 0 atom stereocenters. The minimum absolute atomic E-state index is 0.400. The highest BCUT2D eigenvalue weighted by molar-refractivity contribution is 6.30. The van der Waals surface area contributed by atoms with Gasteiger partial charge in [0, 0.05) is 17.3 Å². The van der Waals surface area contributed by atoms with Crippen LogP contribution in [-0.4, -0.2) is 22.3 Å². The fraction of sp³-hybridized carbons (Fsp3) is 0.118. The zero-order valence-corrected chi connectivity index (χ0v) is 13.8. The smallest absolute Gasteiger partial charge is 0.249 e. The predicted molar refractivity (Wildman–Crippen MR) is 94.9 cm³/mol. The van der Waals surface area contributed by atoms with Crippen molar-refractivity contribution in [1.29, 1.82) is 0 Å². The van der Waals surface area contributed by atoms with Crippen LogP contribution in [0.4, 0.5) is 17.5 Å². The Bertz CT molecular complexity index is 810. The van der Waals surface area contributed by atoms with Crippen molar-refractivity contribution in [2.75, 3.05) is 17.7 Å². The number of hydrogen-bond donors (Lipinski definition) is 2. The number of anilines is 3. The molecule has 0 fully saturated rings. The zero-order chi connectivity index (χ0) is 16.8. The standard InChI is InChI=1S/C17H16ClN5O/c1-24-15-7-5-12(6-8-15)10-19-16-11-20-23-17(22-16)21-14-4-2-3-13(18)9-14/h2-9,11H,10H2,1H3,(H2,19,21,22,23). The third kappa shape index (κ3) is 4.33. The predicted octanol–water partition coefficient (Wildman–Crippen LogP) is 3.89. The van der Waals surface area contributed by atoms with Crippen molar-refractivity contribution in [2.24, 2.45) is 0 Å². The van der Waals surface area contributed by atoms with Gasteiger partial charge in [0.1, 0.15) is 5.75 Å². The van der Waals surface area contributed by atoms with E-state index in [2.05, 4.69) is 25.8 Å². The van der Waals surface area contributed by atoms with Crippen molar-refractivity contribution in [3.8, 4) is 5.75 Å². The SMILES string of the molecule is COc1ccc(CNc2cnnc(Nc3cccc(Cl)c3)n2)cc1. The molecule has 6 nitrogen and oxygen atoms in total. The summed E-state index contributed by atoms with van der Waals surface area (Å²) in [7, 11) is 1.65. The summed E-state index contributed by atoms with van der Waals surface area (Å²) >= 11 is 5.96. The van der Waals surface area contributed by atoms with Crippen LogP contribution in [0.5, 0.6) is 5.75 Å². The van der Waals surface area contributed by atoms with Gasteiger partial charge >= 0.3 is 0 Å². The fourth-order valence-electron chi connectivity index (χ4n) is 2.07. The molecule has 0 amide bonds. The number of aromatic nitrogens is 3. The number of benzene rings is 2. The van der Waals surface area contributed by atoms with Gasteiger partial charge in [0.25, 0.3) is 0 Å². The summed E-state index contributed by atoms with van der Waals surface area (Å²) in [6.07, 6.45) is 1.58. The molecular formula is C17H16ClN5O. The van der Waals surface area contributed by atoms with Crippen molar-refractivity contribution in [1.82, 2.24) is 15.2 Å². The van der Waals surface area contributed by atoms with Gasteiger partial charge in [-0.2, -0.15) is 10.1 Å². The summed E-state index contributed by atoms with van der Waals surface area (Å²) < 4.78 is 5.14. The average molecular weight is 342 g/mol. The summed E-state index contributed by atoms with van der Waals surface area (Å²) in [6.45, 7) is 0.624. The Morgan fingerprint density at radius 2 is 1.96 bits per heavy atom. The van der Waals surface area contributed by atoms with E-state index in [1.807, 2.05) is 36.4 Å². The molecule has 0 unspecified atom stereocenters. The van der Waals surface area contributed by atoms with E-state index in [1.54, 1.807) is 25.4 Å². The Labute approximate surface area is 144 Å². The van der Waals surface area contributed by atoms with Crippen LogP contribution in [0, 0.1) is 0 Å². The van der Waals surface area contributed by atoms with Crippen LogP contribution in [-0.2, 0) is 6.54 Å². The lowest BCUT2D eigenvalue weighted by molar-refractivity contribution is 0.414. The van der Waals surface area contributed by atoms with E-state index in [1.165, 1.54) is 0 Å². The Morgan fingerprint density at radius 3 is 2.71 bits per heavy atom. The molecule has 7 heteroatoms. The lowest BCUT2D eigenvalue weighted by atomic mass is 10.2. The quantitative estimate of drug-likeness (QED) is 0.708. The topological polar surface area (TPSA) is 72.0 Å². The molecule has 1 heterocycles. The van der Waals surface area contributed by atoms with Crippen molar-refractivity contribution >= 4 is 29.1 Å². The maximum atomic E-state index is 5.96. The van der Waals surface area contributed by atoms with Gasteiger partial charge in [0.05, 0.1) is 13.3 Å². The molecule has 0 saturated heterocycles. The summed E-state index contributed by atoms with van der Waals surface area (Å²) in [5.74, 6) is 1.86. The lowest BCUT2D eigenvalue weighted by Crippen LogP contribution is -2.05. The molecule has 3 rings (SSSR count). The summed E-state index contributed by atoms with van der Waals surface area (Å²) in [4.78, 5) is 4.38. The summed E-state index contributed by atoms with van der Waals surface area (Å²) in [6, 6.07) is 15.2. The van der Waals surface area contributed by atoms with Crippen molar-refractivity contribution < 1.29 is 4.74 Å². The van der Waals surface area contributed by atoms with E-state index in [4.69, 9.17) is 16.3 Å². The Morgan fingerprint density at radius 1 is 1.12 bits per heavy atom. The number of hydrogen-bond acceptors (Lipinski definition) is 6. The van der Waals surface area contributed by atoms with Crippen LogP contribution in [0.15, 0.2) is 54.7 Å².